The number of aryl methyl sites for hydroxylation is 1. The van der Waals surface area contributed by atoms with Crippen LogP contribution in [0.25, 0.3) is 11.0 Å². The van der Waals surface area contributed by atoms with Crippen molar-refractivity contribution < 1.29 is 4.79 Å². The van der Waals surface area contributed by atoms with E-state index in [0.717, 1.165) is 42.5 Å². The van der Waals surface area contributed by atoms with Crippen LogP contribution in [-0.2, 0) is 11.2 Å². The van der Waals surface area contributed by atoms with Gasteiger partial charge in [0.05, 0.1) is 11.0 Å². The average molecular weight is 271 g/mol. The predicted octanol–water partition coefficient (Wildman–Crippen LogP) is 2.97. The summed E-state index contributed by atoms with van der Waals surface area (Å²) in [4.78, 5) is 19.1. The first-order chi connectivity index (χ1) is 9.66. The van der Waals surface area contributed by atoms with Gasteiger partial charge in [-0.2, -0.15) is 0 Å². The van der Waals surface area contributed by atoms with Gasteiger partial charge in [-0.15, -0.1) is 0 Å². The third kappa shape index (κ3) is 3.95. The smallest absolute Gasteiger partial charge is 0.246 e. The maximum atomic E-state index is 11.3. The summed E-state index contributed by atoms with van der Waals surface area (Å²) in [5, 5.41) is 2.84. The van der Waals surface area contributed by atoms with Gasteiger partial charge >= 0.3 is 0 Å². The molecule has 4 nitrogen and oxygen atoms in total. The fourth-order valence-electron chi connectivity index (χ4n) is 2.07. The fraction of sp³-hybridized carbons (Fsp3) is 0.375. The maximum Gasteiger partial charge on any atom is 0.246 e. The normalized spacial score (nSPS) is 10.7. The van der Waals surface area contributed by atoms with E-state index < -0.39 is 0 Å². The molecule has 1 amide bonds. The highest BCUT2D eigenvalue weighted by molar-refractivity contribution is 5.91. The van der Waals surface area contributed by atoms with Gasteiger partial charge in [0, 0.05) is 18.5 Å². The molecule has 0 radical (unpaired) electrons. The van der Waals surface area contributed by atoms with E-state index in [-0.39, 0.29) is 5.91 Å². The van der Waals surface area contributed by atoms with E-state index in [1.807, 2.05) is 24.3 Å². The van der Waals surface area contributed by atoms with Crippen LogP contribution in [0, 0.1) is 0 Å². The average Bonchev–Trinajstić information content (AvgIpc) is 2.84. The number of benzene rings is 1. The molecule has 0 fully saturated rings. The molecule has 0 spiro atoms. The van der Waals surface area contributed by atoms with E-state index in [0.29, 0.717) is 12.1 Å². The van der Waals surface area contributed by atoms with Gasteiger partial charge < -0.3 is 10.3 Å². The van der Waals surface area contributed by atoms with E-state index in [1.54, 1.807) is 6.92 Å². The molecule has 0 unspecified atom stereocenters. The van der Waals surface area contributed by atoms with Crippen LogP contribution in [0.1, 0.15) is 32.0 Å². The van der Waals surface area contributed by atoms with Gasteiger partial charge in [-0.3, -0.25) is 4.79 Å². The molecule has 2 N–H and O–H groups in total. The molecule has 0 bridgehead atoms. The molecule has 2 aromatic rings. The zero-order chi connectivity index (χ0) is 14.4. The summed E-state index contributed by atoms with van der Waals surface area (Å²) in [6, 6.07) is 8.06. The molecule has 0 aliphatic rings. The maximum absolute atomic E-state index is 11.3. The van der Waals surface area contributed by atoms with E-state index in [2.05, 4.69) is 21.9 Å². The van der Waals surface area contributed by atoms with E-state index in [9.17, 15) is 4.79 Å². The van der Waals surface area contributed by atoms with Crippen molar-refractivity contribution in [3.05, 3.63) is 42.2 Å². The number of amides is 1. The molecule has 4 heteroatoms. The number of carbonyl (C=O) groups is 1. The highest BCUT2D eigenvalue weighted by Crippen LogP contribution is 2.12. The van der Waals surface area contributed by atoms with Gasteiger partial charge in [0.2, 0.25) is 5.91 Å². The van der Waals surface area contributed by atoms with Crippen molar-refractivity contribution in [2.24, 2.45) is 0 Å². The number of nitrogens with zero attached hydrogens (tertiary/aromatic N) is 1. The van der Waals surface area contributed by atoms with Crippen LogP contribution < -0.4 is 5.32 Å². The Hall–Kier alpha value is -2.10. The first-order valence-electron chi connectivity index (χ1n) is 7.04. The Morgan fingerprint density at radius 3 is 2.85 bits per heavy atom. The third-order valence-electron chi connectivity index (χ3n) is 3.20. The SMILES string of the molecule is C=C(C)C(=O)NCCCCCc1nc2ccccc2[nH]1. The second-order valence-electron chi connectivity index (χ2n) is 5.05. The van der Waals surface area contributed by atoms with Crippen molar-refractivity contribution in [1.82, 2.24) is 15.3 Å². The molecule has 0 saturated heterocycles. The quantitative estimate of drug-likeness (QED) is 0.601. The van der Waals surface area contributed by atoms with Gasteiger partial charge in [-0.05, 0) is 31.9 Å². The lowest BCUT2D eigenvalue weighted by Crippen LogP contribution is -2.24. The predicted molar refractivity (Wildman–Crippen MR) is 81.5 cm³/mol. The number of H-pyrrole nitrogens is 1. The molecule has 1 aromatic heterocycles. The number of para-hydroxylation sites is 2. The van der Waals surface area contributed by atoms with Crippen molar-refractivity contribution in [2.45, 2.75) is 32.6 Å². The Balaban J connectivity index is 1.66. The minimum absolute atomic E-state index is 0.0534. The third-order valence-corrected chi connectivity index (χ3v) is 3.20. The summed E-state index contributed by atoms with van der Waals surface area (Å²) >= 11 is 0. The molecule has 0 aliphatic heterocycles. The molecule has 1 aromatic carbocycles. The molecule has 0 saturated carbocycles. The van der Waals surface area contributed by atoms with E-state index in [1.165, 1.54) is 0 Å². The van der Waals surface area contributed by atoms with Gasteiger partial charge in [-0.25, -0.2) is 4.98 Å². The summed E-state index contributed by atoms with van der Waals surface area (Å²) in [7, 11) is 0. The first-order valence-corrected chi connectivity index (χ1v) is 7.04. The van der Waals surface area contributed by atoms with Crippen molar-refractivity contribution in [3.63, 3.8) is 0 Å². The topological polar surface area (TPSA) is 57.8 Å². The number of nitrogens with one attached hydrogen (secondary N) is 2. The Bertz CT molecular complexity index is 568. The largest absolute Gasteiger partial charge is 0.352 e. The van der Waals surface area contributed by atoms with Gasteiger partial charge in [0.1, 0.15) is 5.82 Å². The van der Waals surface area contributed by atoms with Crippen molar-refractivity contribution in [2.75, 3.05) is 6.54 Å². The summed E-state index contributed by atoms with van der Waals surface area (Å²) in [6.07, 6.45) is 4.08. The Morgan fingerprint density at radius 2 is 2.10 bits per heavy atom. The molecule has 20 heavy (non-hydrogen) atoms. The minimum Gasteiger partial charge on any atom is -0.352 e. The highest BCUT2D eigenvalue weighted by Gasteiger charge is 2.02. The number of hydrogen-bond acceptors (Lipinski definition) is 2. The van der Waals surface area contributed by atoms with Crippen LogP contribution in [-0.4, -0.2) is 22.4 Å². The summed E-state index contributed by atoms with van der Waals surface area (Å²) < 4.78 is 0. The van der Waals surface area contributed by atoms with E-state index in [4.69, 9.17) is 0 Å². The van der Waals surface area contributed by atoms with Crippen LogP contribution >= 0.6 is 0 Å². The molecular formula is C16H21N3O. The lowest BCUT2D eigenvalue weighted by Gasteiger charge is -2.03. The fourth-order valence-corrected chi connectivity index (χ4v) is 2.07. The summed E-state index contributed by atoms with van der Waals surface area (Å²) in [5.41, 5.74) is 2.68. The number of rotatable bonds is 7. The van der Waals surface area contributed by atoms with Crippen molar-refractivity contribution in [3.8, 4) is 0 Å². The molecule has 2 rings (SSSR count). The number of imidazole rings is 1. The molecule has 0 aliphatic carbocycles. The number of aromatic nitrogens is 2. The van der Waals surface area contributed by atoms with Crippen LogP contribution in [0.2, 0.25) is 0 Å². The first kappa shape index (κ1) is 14.3. The molecule has 0 atom stereocenters. The number of fused-ring (bicyclic) bond motifs is 1. The van der Waals surface area contributed by atoms with E-state index >= 15 is 0 Å². The monoisotopic (exact) mass is 271 g/mol. The Morgan fingerprint density at radius 1 is 1.30 bits per heavy atom. The number of hydrogen-bond donors (Lipinski definition) is 2. The number of carbonyl (C=O) groups excluding carboxylic acids is 1. The van der Waals surface area contributed by atoms with Gasteiger partial charge in [-0.1, -0.05) is 25.1 Å². The van der Waals surface area contributed by atoms with Gasteiger partial charge in [0.25, 0.3) is 0 Å². The Kier molecular flexibility index (Phi) is 4.93. The number of unbranched alkanes of at least 4 members (excludes halogenated alkanes) is 2. The Labute approximate surface area is 119 Å². The molecule has 1 heterocycles. The van der Waals surface area contributed by atoms with Crippen LogP contribution in [0.5, 0.6) is 0 Å². The molecular weight excluding hydrogens is 250 g/mol. The second-order valence-corrected chi connectivity index (χ2v) is 5.05. The van der Waals surface area contributed by atoms with Crippen molar-refractivity contribution >= 4 is 16.9 Å². The van der Waals surface area contributed by atoms with Crippen LogP contribution in [0.4, 0.5) is 0 Å². The minimum atomic E-state index is -0.0534. The highest BCUT2D eigenvalue weighted by atomic mass is 16.1. The standard InChI is InChI=1S/C16H21N3O/c1-12(2)16(20)17-11-7-3-4-10-15-18-13-8-5-6-9-14(13)19-15/h5-6,8-9H,1,3-4,7,10-11H2,2H3,(H,17,20)(H,18,19). The van der Waals surface area contributed by atoms with Crippen molar-refractivity contribution in [1.29, 1.82) is 0 Å². The second kappa shape index (κ2) is 6.89. The summed E-state index contributed by atoms with van der Waals surface area (Å²) in [5.74, 6) is 0.986. The lowest BCUT2D eigenvalue weighted by atomic mass is 10.2. The van der Waals surface area contributed by atoms with Crippen LogP contribution in [0.15, 0.2) is 36.4 Å². The number of aromatic amines is 1. The molecule has 106 valence electrons. The zero-order valence-electron chi connectivity index (χ0n) is 11.9. The lowest BCUT2D eigenvalue weighted by molar-refractivity contribution is -0.117. The zero-order valence-corrected chi connectivity index (χ0v) is 11.9. The summed E-state index contributed by atoms with van der Waals surface area (Å²) in [6.45, 7) is 6.04. The van der Waals surface area contributed by atoms with Crippen LogP contribution in [0.3, 0.4) is 0 Å². The van der Waals surface area contributed by atoms with Gasteiger partial charge in [0.15, 0.2) is 0 Å².